The minimum Gasteiger partial charge on any atom is -0.744 e. The van der Waals surface area contributed by atoms with Gasteiger partial charge in [0.15, 0.2) is 115 Å². The zero-order valence-electron chi connectivity index (χ0n) is 84.9. The summed E-state index contributed by atoms with van der Waals surface area (Å²) >= 11 is 0. The number of phenolic OH excluding ortho intramolecular Hbond substituents is 21. The van der Waals surface area contributed by atoms with Crippen LogP contribution >= 0.6 is 0 Å². The molecule has 0 aromatic heterocycles. The number of nitrogens with one attached hydrogen (secondary N) is 3. The molecule has 0 fully saturated rings. The number of aryl methyl sites for hydroxylation is 2. The number of phenols is 21. The van der Waals surface area contributed by atoms with Gasteiger partial charge in [-0.05, 0) is 145 Å². The van der Waals surface area contributed by atoms with Crippen LogP contribution in [0.3, 0.4) is 0 Å². The molecule has 10 rings (SSSR count). The van der Waals surface area contributed by atoms with Gasteiger partial charge in [0.25, 0.3) is 0 Å². The summed E-state index contributed by atoms with van der Waals surface area (Å²) in [5, 5.41) is 211. The molecule has 774 valence electrons. The third-order valence-electron chi connectivity index (χ3n) is 23.6. The number of hydrogen-bond donors (Lipinski definition) is 24. The maximum absolute atomic E-state index is 12.7. The van der Waals surface area contributed by atoms with Gasteiger partial charge in [-0.3, -0.25) is 14.4 Å². The van der Waals surface area contributed by atoms with Gasteiger partial charge < -0.3 is 128 Å². The number of para-hydroxylation sites is 3. The van der Waals surface area contributed by atoms with Crippen LogP contribution in [0.4, 0.5) is 17.1 Å². The van der Waals surface area contributed by atoms with Crippen LogP contribution in [0.5, 0.6) is 121 Å². The zero-order chi connectivity index (χ0) is 106. The second-order valence-electron chi connectivity index (χ2n) is 37.5. The van der Waals surface area contributed by atoms with E-state index < -0.39 is 38.0 Å². The summed E-state index contributed by atoms with van der Waals surface area (Å²) in [6, 6.07) is 36.2. The Balaban J connectivity index is 0.000000430. The fourth-order valence-electron chi connectivity index (χ4n) is 15.3. The van der Waals surface area contributed by atoms with E-state index in [1.807, 2.05) is 74.4 Å². The van der Waals surface area contributed by atoms with Crippen molar-refractivity contribution in [3.05, 3.63) is 207 Å². The maximum atomic E-state index is 12.7. The van der Waals surface area contributed by atoms with E-state index >= 15 is 0 Å². The molecule has 0 radical (unpaired) electrons. The number of carbonyl (C=O) groups is 3. The van der Waals surface area contributed by atoms with Gasteiger partial charge in [-0.25, -0.2) is 8.42 Å². The predicted octanol–water partition coefficient (Wildman–Crippen LogP) is 21.9. The number of hydrogen-bond acceptors (Lipinski definition) is 27. The van der Waals surface area contributed by atoms with Crippen LogP contribution in [0.2, 0.25) is 0 Å². The number of rotatable bonds is 37. The largest absolute Gasteiger partial charge is 1.00 e. The Morgan fingerprint density at radius 2 is 0.662 bits per heavy atom. The Morgan fingerprint density at radius 3 is 1.07 bits per heavy atom. The van der Waals surface area contributed by atoms with Crippen LogP contribution in [0.1, 0.15) is 330 Å². The number of unbranched alkanes of at least 4 members (excludes halogenated alkanes) is 18. The summed E-state index contributed by atoms with van der Waals surface area (Å²) in [7, 11) is -4.56. The SMILES string of the molecule is CC(c1cc(O)c(O)c(C(C)(C)C)c1)c1cc(O)c(O)c(C(C)(C)C)c1.CC(c1cccc(O)c1O)c1cccc(O)c1O.CCCCCCCCC(=O)Nc1ccc(O)c(O)c1.CCCCCCCCC(=O)Nc1cccc(O)c1O.CCCCCCCCC(CCCCCC)C(=O)Nc1cc(O)cc(O)c1O.Cc1cc(O)c(O)c(C(C)c2cc(C)cc(O)c2O)c1.O=S(=O)([O-])c1ccc(O)c(O)c1.[Na+]. The van der Waals surface area contributed by atoms with Crippen molar-refractivity contribution in [2.45, 2.75) is 304 Å². The molecule has 1 atom stereocenters. The molecule has 0 bridgehead atoms. The van der Waals surface area contributed by atoms with Crippen molar-refractivity contribution in [3.8, 4) is 121 Å². The molecular formula is C110H150N3NaO27S. The van der Waals surface area contributed by atoms with Crippen molar-refractivity contribution in [2.75, 3.05) is 16.0 Å². The van der Waals surface area contributed by atoms with Gasteiger partial charge in [0.05, 0.1) is 16.3 Å². The van der Waals surface area contributed by atoms with Gasteiger partial charge in [0.2, 0.25) is 17.7 Å². The van der Waals surface area contributed by atoms with E-state index in [1.54, 1.807) is 80.6 Å². The van der Waals surface area contributed by atoms with Gasteiger partial charge in [0.1, 0.15) is 15.9 Å². The van der Waals surface area contributed by atoms with E-state index in [9.17, 15) is 119 Å². The second kappa shape index (κ2) is 60.6. The molecule has 1 unspecified atom stereocenters. The molecule has 10 aromatic carbocycles. The van der Waals surface area contributed by atoms with E-state index in [1.165, 1.54) is 132 Å². The summed E-state index contributed by atoms with van der Waals surface area (Å²) in [5.41, 5.74) is 6.73. The van der Waals surface area contributed by atoms with Crippen LogP contribution in [0.15, 0.2) is 157 Å². The molecule has 0 saturated carbocycles. The van der Waals surface area contributed by atoms with E-state index in [2.05, 4.69) is 43.6 Å². The summed E-state index contributed by atoms with van der Waals surface area (Å²) in [5.74, 6) is -6.54. The van der Waals surface area contributed by atoms with Crippen LogP contribution < -0.4 is 45.5 Å². The van der Waals surface area contributed by atoms with E-state index in [4.69, 9.17) is 15.3 Å². The van der Waals surface area contributed by atoms with Crippen LogP contribution in [0, 0.1) is 19.8 Å². The van der Waals surface area contributed by atoms with Gasteiger partial charge in [-0.15, -0.1) is 0 Å². The molecule has 10 aromatic rings. The number of anilines is 3. The zero-order valence-corrected chi connectivity index (χ0v) is 87.7. The number of benzene rings is 10. The molecule has 0 saturated heterocycles. The predicted molar refractivity (Wildman–Crippen MR) is 549 cm³/mol. The monoisotopic (exact) mass is 2000 g/mol. The Kier molecular flexibility index (Phi) is 52.7. The summed E-state index contributed by atoms with van der Waals surface area (Å²) in [4.78, 5) is 35.5. The minimum atomic E-state index is -4.56. The van der Waals surface area contributed by atoms with Gasteiger partial charge >= 0.3 is 29.6 Å². The van der Waals surface area contributed by atoms with Crippen molar-refractivity contribution >= 4 is 44.9 Å². The van der Waals surface area contributed by atoms with Gasteiger partial charge in [-0.1, -0.05) is 273 Å². The third-order valence-corrected chi connectivity index (χ3v) is 24.5. The van der Waals surface area contributed by atoms with Crippen LogP contribution in [0.25, 0.3) is 0 Å². The fourth-order valence-corrected chi connectivity index (χ4v) is 15.8. The van der Waals surface area contributed by atoms with E-state index in [-0.39, 0.29) is 191 Å². The van der Waals surface area contributed by atoms with Crippen molar-refractivity contribution in [3.63, 3.8) is 0 Å². The van der Waals surface area contributed by atoms with E-state index in [0.717, 1.165) is 111 Å². The number of carbonyl (C=O) groups excluding carboxylic acids is 3. The first kappa shape index (κ1) is 123. The average molecular weight is 2000 g/mol. The second-order valence-corrected chi connectivity index (χ2v) is 38.9. The van der Waals surface area contributed by atoms with Crippen molar-refractivity contribution < 1.29 is 164 Å². The van der Waals surface area contributed by atoms with Crippen LogP contribution in [-0.4, -0.2) is 138 Å². The molecule has 0 aliphatic heterocycles. The quantitative estimate of drug-likeness (QED) is 0.00565. The maximum Gasteiger partial charge on any atom is 1.00 e. The topological polar surface area (TPSA) is 569 Å². The number of amides is 3. The molecule has 142 heavy (non-hydrogen) atoms. The first-order valence-electron chi connectivity index (χ1n) is 48.1. The normalized spacial score (nSPS) is 11.3. The first-order chi connectivity index (χ1) is 66.2. The Hall–Kier alpha value is -12.7. The molecule has 3 amide bonds. The Labute approximate surface area is 857 Å². The molecule has 24 N–H and O–H groups in total. The van der Waals surface area contributed by atoms with Crippen LogP contribution in [-0.2, 0) is 35.3 Å². The average Bonchev–Trinajstić information content (AvgIpc) is 0.778. The Morgan fingerprint density at radius 1 is 0.317 bits per heavy atom. The standard InChI is InChI=1S/C22H37NO4.C22H30O4.C16H18O4.2C15H23NO3.C14H14O4.C6H6O5S.Na/c1-3-5-7-9-10-12-14-17(13-11-8-6-4-2)22(27)23-19-15-18(24)16-20(25)21(19)26;1-12(13-8-15(21(2,3)4)19(25)17(23)10-13)14-9-16(22(5,6)7)20(26)18(24)11-14;1-8-4-11(15(19)13(17)6-8)10(3)12-5-9(2)7-14(18)16(12)20;1-2-3-4-5-6-7-11-14(18)16-12-9-8-10-13(17)15(12)19;1-2-3-4-5-6-7-8-15(19)16-12-9-10-13(17)14(18)11-12;1-8(9-4-2-6-11(15)13(9)17)10-5-3-7-12(16)14(10)18;7-5-2-1-4(3-6(5)8)12(9,10)11;/h15-17,24-26H,3-14H2,1-2H3,(H,23,27);8-12,23-26H,1-7H3;4-7,10,17-20H,1-3H3;8-10,17,19H,2-7,11H2,1H3,(H,16,18);9-11,17-18H,2-8H2,1H3,(H,16,19);2-8,15-18H,1H3;1-3,7-8H,(H,9,10,11);/q;;;;;;;+1/p-1. The number of aromatic hydroxyl groups is 21. The first-order valence-corrected chi connectivity index (χ1v) is 49.5. The fraction of sp³-hybridized carbons (Fsp3) is 0.427. The van der Waals surface area contributed by atoms with Crippen molar-refractivity contribution in [1.82, 2.24) is 0 Å². The van der Waals surface area contributed by atoms with Crippen molar-refractivity contribution in [1.29, 1.82) is 0 Å². The molecule has 0 spiro atoms. The minimum absolute atomic E-state index is 0. The molecule has 0 heterocycles. The smallest absolute Gasteiger partial charge is 0.744 e. The Bertz CT molecular complexity index is 5600. The van der Waals surface area contributed by atoms with Gasteiger partial charge in [0, 0.05) is 99.8 Å². The molecule has 0 aliphatic carbocycles. The molecule has 32 heteroatoms. The summed E-state index contributed by atoms with van der Waals surface area (Å²) in [6.45, 7) is 29.7. The molecular weight excluding hydrogens is 1850 g/mol. The molecule has 30 nitrogen and oxygen atoms in total. The van der Waals surface area contributed by atoms with E-state index in [0.29, 0.717) is 58.0 Å². The summed E-state index contributed by atoms with van der Waals surface area (Å²) < 4.78 is 31.0. The molecule has 0 aliphatic rings. The van der Waals surface area contributed by atoms with Crippen molar-refractivity contribution in [2.24, 2.45) is 5.92 Å². The van der Waals surface area contributed by atoms with Gasteiger partial charge in [-0.2, -0.15) is 0 Å². The third kappa shape index (κ3) is 40.7. The summed E-state index contributed by atoms with van der Waals surface area (Å²) in [6.07, 6.45) is 27.8.